The van der Waals surface area contributed by atoms with Crippen LogP contribution in [0.2, 0.25) is 0 Å². The van der Waals surface area contributed by atoms with E-state index < -0.39 is 11.7 Å². The minimum absolute atomic E-state index is 0.397. The van der Waals surface area contributed by atoms with Gasteiger partial charge in [-0.1, -0.05) is 18.2 Å². The van der Waals surface area contributed by atoms with Crippen LogP contribution in [0.5, 0.6) is 0 Å². The molecule has 1 heterocycles. The average Bonchev–Trinajstić information content (AvgIpc) is 2.76. The van der Waals surface area contributed by atoms with E-state index in [-0.39, 0.29) is 0 Å². The van der Waals surface area contributed by atoms with Crippen LogP contribution in [0.15, 0.2) is 35.7 Å². The molecule has 0 N–H and O–H groups in total. The molecule has 0 bridgehead atoms. The van der Waals surface area contributed by atoms with Gasteiger partial charge in [0.25, 0.3) is 0 Å². The monoisotopic (exact) mass is 270 g/mol. The Hall–Kier alpha value is -1.62. The number of hydrogen-bond donors (Lipinski definition) is 0. The van der Waals surface area contributed by atoms with Crippen LogP contribution < -0.4 is 0 Å². The number of carbonyl (C=O) groups excluding carboxylic acids is 1. The second-order valence-corrected chi connectivity index (χ2v) is 4.79. The Bertz CT molecular complexity index is 557. The molecule has 0 fully saturated rings. The van der Waals surface area contributed by atoms with E-state index in [4.69, 9.17) is 0 Å². The number of alkyl halides is 3. The predicted molar refractivity (Wildman–Crippen MR) is 64.0 cm³/mol. The lowest BCUT2D eigenvalue weighted by Crippen LogP contribution is -2.05. The molecule has 2 rings (SSSR count). The van der Waals surface area contributed by atoms with Crippen LogP contribution >= 0.6 is 11.3 Å². The van der Waals surface area contributed by atoms with Crippen molar-refractivity contribution >= 4 is 17.6 Å². The summed E-state index contributed by atoms with van der Waals surface area (Å²) in [6, 6.07) is 6.92. The summed E-state index contributed by atoms with van der Waals surface area (Å²) in [7, 11) is 0. The quantitative estimate of drug-likeness (QED) is 0.765. The molecule has 0 radical (unpaired) electrons. The first kappa shape index (κ1) is 12.8. The third-order valence-electron chi connectivity index (χ3n) is 2.45. The zero-order chi connectivity index (χ0) is 13.2. The Morgan fingerprint density at radius 1 is 1.17 bits per heavy atom. The molecule has 1 nitrogen and oxygen atoms in total. The maximum atomic E-state index is 12.5. The molecular formula is C13H9F3OS. The number of aldehydes is 1. The Morgan fingerprint density at radius 2 is 1.94 bits per heavy atom. The fraction of sp³-hybridized carbons (Fsp3) is 0.154. The van der Waals surface area contributed by atoms with Crippen LogP contribution in [0.25, 0.3) is 0 Å². The van der Waals surface area contributed by atoms with Crippen LogP contribution in [-0.4, -0.2) is 6.29 Å². The molecule has 1 aromatic heterocycles. The Morgan fingerprint density at radius 3 is 2.56 bits per heavy atom. The van der Waals surface area contributed by atoms with Gasteiger partial charge in [0, 0.05) is 0 Å². The highest BCUT2D eigenvalue weighted by molar-refractivity contribution is 7.11. The first-order valence-electron chi connectivity index (χ1n) is 5.18. The van der Waals surface area contributed by atoms with E-state index >= 15 is 0 Å². The molecule has 0 saturated carbocycles. The van der Waals surface area contributed by atoms with Crippen molar-refractivity contribution in [3.05, 3.63) is 57.3 Å². The molecule has 0 unspecified atom stereocenters. The minimum atomic E-state index is -4.32. The predicted octanol–water partition coefficient (Wildman–Crippen LogP) is 4.17. The van der Waals surface area contributed by atoms with Gasteiger partial charge in [0.2, 0.25) is 0 Å². The molecule has 18 heavy (non-hydrogen) atoms. The van der Waals surface area contributed by atoms with E-state index in [1.165, 1.54) is 17.4 Å². The maximum absolute atomic E-state index is 12.5. The number of benzene rings is 1. The Kier molecular flexibility index (Phi) is 3.52. The van der Waals surface area contributed by atoms with Gasteiger partial charge >= 0.3 is 6.18 Å². The summed E-state index contributed by atoms with van der Waals surface area (Å²) < 4.78 is 37.6. The van der Waals surface area contributed by atoms with E-state index in [9.17, 15) is 18.0 Å². The Balaban J connectivity index is 2.21. The second-order valence-electron chi connectivity index (χ2n) is 3.85. The molecule has 1 aromatic carbocycles. The first-order chi connectivity index (χ1) is 8.49. The van der Waals surface area contributed by atoms with Gasteiger partial charge in [-0.15, -0.1) is 11.3 Å². The molecule has 0 atom stereocenters. The highest BCUT2D eigenvalue weighted by Gasteiger charge is 2.30. The summed E-state index contributed by atoms with van der Waals surface area (Å²) >= 11 is 1.29. The lowest BCUT2D eigenvalue weighted by Gasteiger charge is -2.08. The number of rotatable bonds is 3. The topological polar surface area (TPSA) is 17.1 Å². The summed E-state index contributed by atoms with van der Waals surface area (Å²) in [5, 5.41) is 1.78. The number of halogens is 3. The van der Waals surface area contributed by atoms with Crippen molar-refractivity contribution in [3.63, 3.8) is 0 Å². The van der Waals surface area contributed by atoms with Crippen LogP contribution in [0.1, 0.15) is 26.4 Å². The standard InChI is InChI=1S/C13H9F3OS/c14-13(15,16)11-3-1-2-9(5-11)4-10-6-12(7-17)18-8-10/h1-3,5-8H,4H2. The summed E-state index contributed by atoms with van der Waals surface area (Å²) in [6.07, 6.45) is -3.19. The molecular weight excluding hydrogens is 261 g/mol. The summed E-state index contributed by atoms with van der Waals surface area (Å²) in [6.45, 7) is 0. The highest BCUT2D eigenvalue weighted by Crippen LogP contribution is 2.30. The zero-order valence-electron chi connectivity index (χ0n) is 9.20. The number of carbonyl (C=O) groups is 1. The highest BCUT2D eigenvalue weighted by atomic mass is 32.1. The van der Waals surface area contributed by atoms with Crippen molar-refractivity contribution in [3.8, 4) is 0 Å². The largest absolute Gasteiger partial charge is 0.416 e. The van der Waals surface area contributed by atoms with Crippen molar-refractivity contribution in [1.29, 1.82) is 0 Å². The van der Waals surface area contributed by atoms with Crippen LogP contribution in [0, 0.1) is 0 Å². The Labute approximate surface area is 106 Å². The first-order valence-corrected chi connectivity index (χ1v) is 6.06. The summed E-state index contributed by atoms with van der Waals surface area (Å²) in [4.78, 5) is 11.1. The van der Waals surface area contributed by atoms with Crippen LogP contribution in [0.4, 0.5) is 13.2 Å². The van der Waals surface area contributed by atoms with E-state index in [1.807, 2.05) is 0 Å². The van der Waals surface area contributed by atoms with Crippen molar-refractivity contribution in [2.75, 3.05) is 0 Å². The van der Waals surface area contributed by atoms with Gasteiger partial charge in [0.15, 0.2) is 6.29 Å². The molecule has 0 aliphatic carbocycles. The SMILES string of the molecule is O=Cc1cc(Cc2cccc(C(F)(F)F)c2)cs1. The lowest BCUT2D eigenvalue weighted by atomic mass is 10.0. The van der Waals surface area contributed by atoms with Gasteiger partial charge in [0.1, 0.15) is 0 Å². The summed E-state index contributed by atoms with van der Waals surface area (Å²) in [5.41, 5.74) is 0.785. The van der Waals surface area contributed by atoms with E-state index in [2.05, 4.69) is 0 Å². The fourth-order valence-electron chi connectivity index (χ4n) is 1.64. The molecule has 5 heteroatoms. The number of thiophene rings is 1. The molecule has 0 amide bonds. The van der Waals surface area contributed by atoms with E-state index in [0.29, 0.717) is 16.9 Å². The van der Waals surface area contributed by atoms with Crippen LogP contribution in [0.3, 0.4) is 0 Å². The minimum Gasteiger partial charge on any atom is -0.297 e. The molecule has 2 aromatic rings. The van der Waals surface area contributed by atoms with Gasteiger partial charge in [-0.05, 0) is 35.1 Å². The smallest absolute Gasteiger partial charge is 0.297 e. The second kappa shape index (κ2) is 4.94. The molecule has 0 aliphatic heterocycles. The van der Waals surface area contributed by atoms with Crippen molar-refractivity contribution in [2.45, 2.75) is 12.6 Å². The normalized spacial score (nSPS) is 11.5. The van der Waals surface area contributed by atoms with Crippen molar-refractivity contribution in [1.82, 2.24) is 0 Å². The van der Waals surface area contributed by atoms with E-state index in [1.54, 1.807) is 17.5 Å². The van der Waals surface area contributed by atoms with Gasteiger partial charge < -0.3 is 0 Å². The van der Waals surface area contributed by atoms with Gasteiger partial charge in [-0.3, -0.25) is 4.79 Å². The fourth-order valence-corrected chi connectivity index (χ4v) is 2.36. The van der Waals surface area contributed by atoms with Crippen LogP contribution in [-0.2, 0) is 12.6 Å². The summed E-state index contributed by atoms with van der Waals surface area (Å²) in [5.74, 6) is 0. The average molecular weight is 270 g/mol. The van der Waals surface area contributed by atoms with Gasteiger partial charge in [-0.2, -0.15) is 13.2 Å². The number of hydrogen-bond acceptors (Lipinski definition) is 2. The van der Waals surface area contributed by atoms with Crippen molar-refractivity contribution in [2.24, 2.45) is 0 Å². The maximum Gasteiger partial charge on any atom is 0.416 e. The molecule has 0 spiro atoms. The van der Waals surface area contributed by atoms with Gasteiger partial charge in [0.05, 0.1) is 10.4 Å². The third kappa shape index (κ3) is 2.98. The third-order valence-corrected chi connectivity index (χ3v) is 3.36. The van der Waals surface area contributed by atoms with E-state index in [0.717, 1.165) is 24.0 Å². The van der Waals surface area contributed by atoms with Crippen molar-refractivity contribution < 1.29 is 18.0 Å². The lowest BCUT2D eigenvalue weighted by molar-refractivity contribution is -0.137. The molecule has 0 saturated heterocycles. The molecule has 0 aliphatic rings. The zero-order valence-corrected chi connectivity index (χ0v) is 10.0. The molecule has 94 valence electrons. The van der Waals surface area contributed by atoms with Gasteiger partial charge in [-0.25, -0.2) is 0 Å².